The van der Waals surface area contributed by atoms with Gasteiger partial charge in [0.1, 0.15) is 5.82 Å². The number of nitrogens with zero attached hydrogens (tertiary/aromatic N) is 1. The fraction of sp³-hybridized carbons (Fsp3) is 0.700. The maximum Gasteiger partial charge on any atom is 0.214 e. The quantitative estimate of drug-likeness (QED) is 0.831. The van der Waals surface area contributed by atoms with Crippen LogP contribution in [0.15, 0.2) is 18.2 Å². The predicted octanol–water partition coefficient (Wildman–Crippen LogP) is 2.73. The molecule has 0 aromatic heterocycles. The monoisotopic (exact) mass is 396 g/mol. The smallest absolute Gasteiger partial charge is 0.214 e. The van der Waals surface area contributed by atoms with Crippen molar-refractivity contribution in [1.29, 1.82) is 0 Å². The number of benzene rings is 1. The molecule has 1 aliphatic carbocycles. The van der Waals surface area contributed by atoms with Crippen molar-refractivity contribution in [3.05, 3.63) is 35.1 Å². The van der Waals surface area contributed by atoms with Crippen LogP contribution in [0.25, 0.3) is 0 Å². The lowest BCUT2D eigenvalue weighted by molar-refractivity contribution is -0.118. The summed E-state index contributed by atoms with van der Waals surface area (Å²) < 4.78 is 47.4. The molecular formula is C20H29FN2O3S. The summed E-state index contributed by atoms with van der Waals surface area (Å²) in [7, 11) is -3.15. The van der Waals surface area contributed by atoms with E-state index in [1.165, 1.54) is 6.07 Å². The number of hydrogen-bond donors (Lipinski definition) is 1. The Bertz CT molecular complexity index is 786. The van der Waals surface area contributed by atoms with Crippen molar-refractivity contribution in [2.24, 2.45) is 0 Å². The number of ether oxygens (including phenoxy) is 1. The number of likely N-dealkylation sites (tertiary alicyclic amines) is 1. The number of rotatable bonds is 5. The number of piperidine rings is 1. The van der Waals surface area contributed by atoms with Crippen molar-refractivity contribution in [3.63, 3.8) is 0 Å². The Morgan fingerprint density at radius 1 is 1.26 bits per heavy atom. The van der Waals surface area contributed by atoms with Crippen LogP contribution in [0, 0.1) is 12.7 Å². The Labute approximate surface area is 161 Å². The molecule has 3 fully saturated rings. The molecule has 3 aliphatic rings. The average Bonchev–Trinajstić information content (AvgIpc) is 3.47. The third-order valence-corrected chi connectivity index (χ3v) is 8.34. The van der Waals surface area contributed by atoms with Crippen LogP contribution in [0.3, 0.4) is 0 Å². The molecule has 2 aliphatic heterocycles. The summed E-state index contributed by atoms with van der Waals surface area (Å²) in [6.07, 6.45) is 4.87. The molecule has 1 saturated carbocycles. The molecule has 0 radical (unpaired) electrons. The second-order valence-corrected chi connectivity index (χ2v) is 10.4. The van der Waals surface area contributed by atoms with Gasteiger partial charge in [-0.1, -0.05) is 12.1 Å². The lowest BCUT2D eigenvalue weighted by atomic mass is 9.82. The number of nitrogens with one attached hydrogen (secondary N) is 1. The maximum absolute atomic E-state index is 13.8. The molecule has 5 nitrogen and oxygen atoms in total. The SMILES string of the molecule is Cc1c(F)cccc1CN1CCC2(CC1)C[C@H](NS(=O)(=O)C1CC1)CCO2. The number of hydrogen-bond acceptors (Lipinski definition) is 4. The first-order valence-corrected chi connectivity index (χ1v) is 11.5. The summed E-state index contributed by atoms with van der Waals surface area (Å²) in [6, 6.07) is 5.25. The van der Waals surface area contributed by atoms with E-state index in [0.29, 0.717) is 6.61 Å². The molecule has 1 N–H and O–H groups in total. The van der Waals surface area contributed by atoms with Crippen LogP contribution in [-0.2, 0) is 21.3 Å². The molecule has 0 bridgehead atoms. The van der Waals surface area contributed by atoms with Crippen LogP contribution in [0.5, 0.6) is 0 Å². The van der Waals surface area contributed by atoms with E-state index in [-0.39, 0.29) is 22.7 Å². The zero-order valence-corrected chi connectivity index (χ0v) is 16.7. The molecule has 1 aromatic carbocycles. The zero-order chi connectivity index (χ0) is 19.1. The summed E-state index contributed by atoms with van der Waals surface area (Å²) >= 11 is 0. The van der Waals surface area contributed by atoms with Crippen LogP contribution < -0.4 is 4.72 Å². The first-order valence-electron chi connectivity index (χ1n) is 9.98. The average molecular weight is 397 g/mol. The van der Waals surface area contributed by atoms with Gasteiger partial charge in [-0.3, -0.25) is 4.90 Å². The van der Waals surface area contributed by atoms with Crippen molar-refractivity contribution in [2.45, 2.75) is 68.9 Å². The highest BCUT2D eigenvalue weighted by Crippen LogP contribution is 2.37. The summed E-state index contributed by atoms with van der Waals surface area (Å²) in [5.74, 6) is -0.151. The lowest BCUT2D eigenvalue weighted by Gasteiger charge is -2.46. The van der Waals surface area contributed by atoms with Crippen molar-refractivity contribution < 1.29 is 17.5 Å². The van der Waals surface area contributed by atoms with Gasteiger partial charge in [0.2, 0.25) is 10.0 Å². The lowest BCUT2D eigenvalue weighted by Crippen LogP contribution is -2.53. The Kier molecular flexibility index (Phi) is 5.31. The van der Waals surface area contributed by atoms with E-state index >= 15 is 0 Å². The normalized spacial score (nSPS) is 26.4. The predicted molar refractivity (Wildman–Crippen MR) is 102 cm³/mol. The minimum Gasteiger partial charge on any atom is -0.375 e. The van der Waals surface area contributed by atoms with E-state index in [2.05, 4.69) is 9.62 Å². The van der Waals surface area contributed by atoms with Gasteiger partial charge in [-0.15, -0.1) is 0 Å². The maximum atomic E-state index is 13.8. The minimum absolute atomic E-state index is 0.0126. The highest BCUT2D eigenvalue weighted by atomic mass is 32.2. The Morgan fingerprint density at radius 2 is 2.00 bits per heavy atom. The fourth-order valence-corrected chi connectivity index (χ4v) is 5.98. The molecular weight excluding hydrogens is 367 g/mol. The van der Waals surface area contributed by atoms with Crippen LogP contribution in [0.1, 0.15) is 49.7 Å². The fourth-order valence-electron chi connectivity index (χ4n) is 4.37. The molecule has 1 spiro atoms. The Balaban J connectivity index is 1.34. The van der Waals surface area contributed by atoms with E-state index in [9.17, 15) is 12.8 Å². The molecule has 1 aromatic rings. The highest BCUT2D eigenvalue weighted by Gasteiger charge is 2.43. The van der Waals surface area contributed by atoms with E-state index in [0.717, 1.165) is 69.3 Å². The molecule has 150 valence electrons. The zero-order valence-electron chi connectivity index (χ0n) is 15.9. The van der Waals surface area contributed by atoms with Gasteiger partial charge in [-0.05, 0) is 62.6 Å². The molecule has 2 heterocycles. The second kappa shape index (κ2) is 7.43. The highest BCUT2D eigenvalue weighted by molar-refractivity contribution is 7.90. The molecule has 0 unspecified atom stereocenters. The van der Waals surface area contributed by atoms with Gasteiger partial charge in [0.15, 0.2) is 0 Å². The van der Waals surface area contributed by atoms with Crippen molar-refractivity contribution in [1.82, 2.24) is 9.62 Å². The minimum atomic E-state index is -3.15. The van der Waals surface area contributed by atoms with E-state index in [1.807, 2.05) is 13.0 Å². The van der Waals surface area contributed by atoms with Gasteiger partial charge in [-0.25, -0.2) is 17.5 Å². The molecule has 1 atom stereocenters. The van der Waals surface area contributed by atoms with Crippen molar-refractivity contribution in [2.75, 3.05) is 19.7 Å². The van der Waals surface area contributed by atoms with Gasteiger partial charge >= 0.3 is 0 Å². The van der Waals surface area contributed by atoms with E-state index in [1.54, 1.807) is 6.07 Å². The Morgan fingerprint density at radius 3 is 2.70 bits per heavy atom. The van der Waals surface area contributed by atoms with Gasteiger partial charge in [0, 0.05) is 32.3 Å². The first-order chi connectivity index (χ1) is 12.9. The van der Waals surface area contributed by atoms with E-state index in [4.69, 9.17) is 4.74 Å². The van der Waals surface area contributed by atoms with Crippen LogP contribution in [0.4, 0.5) is 4.39 Å². The third kappa shape index (κ3) is 4.36. The molecule has 27 heavy (non-hydrogen) atoms. The standard InChI is InChI=1S/C20H29FN2O3S/c1-15-16(3-2-4-19(15)21)14-23-10-8-20(9-11-23)13-17(7-12-26-20)22-27(24,25)18-5-6-18/h2-4,17-18,22H,5-14H2,1H3/t17-/m1/s1. The second-order valence-electron chi connectivity index (χ2n) is 8.38. The summed E-state index contributed by atoms with van der Waals surface area (Å²) in [5.41, 5.74) is 1.54. The van der Waals surface area contributed by atoms with Gasteiger partial charge < -0.3 is 4.74 Å². The van der Waals surface area contributed by atoms with Crippen LogP contribution in [-0.4, -0.2) is 49.9 Å². The van der Waals surface area contributed by atoms with Crippen molar-refractivity contribution >= 4 is 10.0 Å². The van der Waals surface area contributed by atoms with Crippen LogP contribution in [0.2, 0.25) is 0 Å². The van der Waals surface area contributed by atoms with Gasteiger partial charge in [0.25, 0.3) is 0 Å². The van der Waals surface area contributed by atoms with Gasteiger partial charge in [0.05, 0.1) is 10.9 Å². The summed E-state index contributed by atoms with van der Waals surface area (Å²) in [4.78, 5) is 2.34. The topological polar surface area (TPSA) is 58.6 Å². The summed E-state index contributed by atoms with van der Waals surface area (Å²) in [5, 5.41) is -0.173. The van der Waals surface area contributed by atoms with Crippen molar-refractivity contribution in [3.8, 4) is 0 Å². The number of halogens is 1. The third-order valence-electron chi connectivity index (χ3n) is 6.33. The first kappa shape index (κ1) is 19.3. The molecule has 4 rings (SSSR count). The Hall–Kier alpha value is -1.02. The number of sulfonamides is 1. The molecule has 7 heteroatoms. The molecule has 0 amide bonds. The van der Waals surface area contributed by atoms with Crippen LogP contribution >= 0.6 is 0 Å². The molecule has 2 saturated heterocycles. The van der Waals surface area contributed by atoms with Gasteiger partial charge in [-0.2, -0.15) is 0 Å². The largest absolute Gasteiger partial charge is 0.375 e. The summed E-state index contributed by atoms with van der Waals surface area (Å²) in [6.45, 7) is 4.96. The van der Waals surface area contributed by atoms with E-state index < -0.39 is 10.0 Å².